The number of anilines is 1. The lowest BCUT2D eigenvalue weighted by atomic mass is 10.0. The predicted molar refractivity (Wildman–Crippen MR) is 100 cm³/mol. The van der Waals surface area contributed by atoms with E-state index >= 15 is 0 Å². The van der Waals surface area contributed by atoms with Crippen molar-refractivity contribution >= 4 is 29.4 Å². The van der Waals surface area contributed by atoms with Gasteiger partial charge in [0.05, 0.1) is 11.1 Å². The van der Waals surface area contributed by atoms with E-state index in [9.17, 15) is 19.2 Å². The number of esters is 1. The first-order chi connectivity index (χ1) is 13.3. The summed E-state index contributed by atoms with van der Waals surface area (Å²) in [5.74, 6) is -1.45. The Morgan fingerprint density at radius 2 is 1.79 bits per heavy atom. The minimum Gasteiger partial charge on any atom is -0.425 e. The Labute approximate surface area is 161 Å². The van der Waals surface area contributed by atoms with Crippen molar-refractivity contribution < 1.29 is 23.9 Å². The smallest absolute Gasteiger partial charge is 0.334 e. The fourth-order valence-electron chi connectivity index (χ4n) is 3.46. The van der Waals surface area contributed by atoms with Gasteiger partial charge in [0.1, 0.15) is 11.8 Å². The molecule has 2 aliphatic rings. The number of ether oxygens (including phenoxy) is 1. The Morgan fingerprint density at radius 1 is 1.04 bits per heavy atom. The Balaban J connectivity index is 1.52. The maximum atomic E-state index is 12.6. The van der Waals surface area contributed by atoms with Crippen LogP contribution in [0.2, 0.25) is 0 Å². The van der Waals surface area contributed by atoms with Gasteiger partial charge in [-0.1, -0.05) is 11.6 Å². The van der Waals surface area contributed by atoms with Crippen LogP contribution in [0.5, 0.6) is 5.75 Å². The second-order valence-electron chi connectivity index (χ2n) is 6.99. The van der Waals surface area contributed by atoms with Gasteiger partial charge in [-0.25, -0.2) is 4.79 Å². The number of hydrogen-bond acceptors (Lipinski definition) is 5. The second-order valence-corrected chi connectivity index (χ2v) is 6.99. The van der Waals surface area contributed by atoms with Crippen molar-refractivity contribution in [3.05, 3.63) is 58.7 Å². The number of nitrogens with zero attached hydrogens (tertiary/aromatic N) is 1. The molecule has 1 N–H and O–H groups in total. The van der Waals surface area contributed by atoms with Gasteiger partial charge in [0.15, 0.2) is 0 Å². The summed E-state index contributed by atoms with van der Waals surface area (Å²) < 4.78 is 5.40. The second kappa shape index (κ2) is 6.60. The standard InChI is InChI=1S/C21H18N2O5/c1-11-3-6-15-16(9-11)20(26)23(19(15)25)12(2)21(27)28-14-5-7-17-13(10-14)4-8-18(24)22-17/h3,5-7,9-10,12H,4,8H2,1-2H3,(H,22,24). The summed E-state index contributed by atoms with van der Waals surface area (Å²) in [5, 5.41) is 2.76. The first-order valence-corrected chi connectivity index (χ1v) is 8.98. The summed E-state index contributed by atoms with van der Waals surface area (Å²) in [6, 6.07) is 8.86. The number of nitrogens with one attached hydrogen (secondary N) is 1. The lowest BCUT2D eigenvalue weighted by Gasteiger charge is -2.21. The molecule has 3 amide bonds. The van der Waals surface area contributed by atoms with Crippen LogP contribution in [-0.4, -0.2) is 34.6 Å². The van der Waals surface area contributed by atoms with Crippen molar-refractivity contribution in [1.82, 2.24) is 4.90 Å². The number of imide groups is 1. The van der Waals surface area contributed by atoms with E-state index in [1.54, 1.807) is 36.4 Å². The molecule has 0 saturated carbocycles. The molecule has 28 heavy (non-hydrogen) atoms. The molecule has 2 aromatic carbocycles. The summed E-state index contributed by atoms with van der Waals surface area (Å²) in [5.41, 5.74) is 3.01. The van der Waals surface area contributed by atoms with Crippen LogP contribution in [0, 0.1) is 6.92 Å². The molecule has 142 valence electrons. The van der Waals surface area contributed by atoms with Crippen LogP contribution in [-0.2, 0) is 16.0 Å². The minimum absolute atomic E-state index is 0.0493. The molecule has 1 unspecified atom stereocenters. The van der Waals surface area contributed by atoms with Crippen molar-refractivity contribution in [3.63, 3.8) is 0 Å². The van der Waals surface area contributed by atoms with E-state index in [1.165, 1.54) is 6.92 Å². The van der Waals surface area contributed by atoms with Gasteiger partial charge >= 0.3 is 5.97 Å². The average molecular weight is 378 g/mol. The lowest BCUT2D eigenvalue weighted by Crippen LogP contribution is -2.44. The molecule has 2 heterocycles. The number of carbonyl (C=O) groups excluding carboxylic acids is 4. The van der Waals surface area contributed by atoms with E-state index in [-0.39, 0.29) is 5.91 Å². The summed E-state index contributed by atoms with van der Waals surface area (Å²) >= 11 is 0. The van der Waals surface area contributed by atoms with Crippen LogP contribution in [0.15, 0.2) is 36.4 Å². The van der Waals surface area contributed by atoms with Gasteiger partial charge in [0.2, 0.25) is 5.91 Å². The highest BCUT2D eigenvalue weighted by molar-refractivity contribution is 6.22. The Bertz CT molecular complexity index is 1040. The molecule has 1 atom stereocenters. The number of rotatable bonds is 3. The summed E-state index contributed by atoms with van der Waals surface area (Å²) in [4.78, 5) is 50.2. The van der Waals surface area contributed by atoms with Crippen LogP contribution in [0.25, 0.3) is 0 Å². The molecular formula is C21H18N2O5. The number of amides is 3. The van der Waals surface area contributed by atoms with E-state index < -0.39 is 23.8 Å². The van der Waals surface area contributed by atoms with Crippen LogP contribution in [0.3, 0.4) is 0 Å². The molecule has 7 heteroatoms. The molecule has 0 aliphatic carbocycles. The molecule has 4 rings (SSSR count). The number of carbonyl (C=O) groups is 4. The first-order valence-electron chi connectivity index (χ1n) is 8.98. The van der Waals surface area contributed by atoms with Crippen molar-refractivity contribution in [2.75, 3.05) is 5.32 Å². The highest BCUT2D eigenvalue weighted by Crippen LogP contribution is 2.29. The SMILES string of the molecule is Cc1ccc2c(c1)C(=O)N(C(C)C(=O)Oc1ccc3c(c1)CCC(=O)N3)C2=O. The topological polar surface area (TPSA) is 92.8 Å². The van der Waals surface area contributed by atoms with Gasteiger partial charge in [-0.05, 0) is 56.2 Å². The largest absolute Gasteiger partial charge is 0.425 e. The van der Waals surface area contributed by atoms with Gasteiger partial charge in [-0.2, -0.15) is 0 Å². The zero-order chi connectivity index (χ0) is 20.0. The van der Waals surface area contributed by atoms with Crippen molar-refractivity contribution in [3.8, 4) is 5.75 Å². The van der Waals surface area contributed by atoms with E-state index in [1.807, 2.05) is 6.92 Å². The van der Waals surface area contributed by atoms with Crippen LogP contribution >= 0.6 is 0 Å². The van der Waals surface area contributed by atoms with E-state index in [4.69, 9.17) is 4.74 Å². The predicted octanol–water partition coefficient (Wildman–Crippen LogP) is 2.47. The molecule has 0 spiro atoms. The molecule has 0 saturated heterocycles. The molecule has 7 nitrogen and oxygen atoms in total. The van der Waals surface area contributed by atoms with Crippen LogP contribution < -0.4 is 10.1 Å². The third-order valence-electron chi connectivity index (χ3n) is 4.99. The highest BCUT2D eigenvalue weighted by atomic mass is 16.5. The minimum atomic E-state index is -1.07. The third kappa shape index (κ3) is 2.94. The number of benzene rings is 2. The molecular weight excluding hydrogens is 360 g/mol. The van der Waals surface area contributed by atoms with E-state index in [0.717, 1.165) is 16.0 Å². The molecule has 2 aromatic rings. The van der Waals surface area contributed by atoms with Gasteiger partial charge in [-0.15, -0.1) is 0 Å². The maximum Gasteiger partial charge on any atom is 0.334 e. The normalized spacial score (nSPS) is 16.4. The van der Waals surface area contributed by atoms with Crippen molar-refractivity contribution in [1.29, 1.82) is 0 Å². The summed E-state index contributed by atoms with van der Waals surface area (Å²) in [6.45, 7) is 3.30. The highest BCUT2D eigenvalue weighted by Gasteiger charge is 2.41. The Morgan fingerprint density at radius 3 is 2.57 bits per heavy atom. The number of hydrogen-bond donors (Lipinski definition) is 1. The van der Waals surface area contributed by atoms with Crippen molar-refractivity contribution in [2.24, 2.45) is 0 Å². The van der Waals surface area contributed by atoms with E-state index in [0.29, 0.717) is 35.4 Å². The first kappa shape index (κ1) is 17.9. The van der Waals surface area contributed by atoms with E-state index in [2.05, 4.69) is 5.32 Å². The van der Waals surface area contributed by atoms with Crippen molar-refractivity contribution in [2.45, 2.75) is 32.7 Å². The number of fused-ring (bicyclic) bond motifs is 2. The molecule has 0 aromatic heterocycles. The molecule has 2 aliphatic heterocycles. The fraction of sp³-hybridized carbons (Fsp3) is 0.238. The van der Waals surface area contributed by atoms with Gasteiger partial charge in [0, 0.05) is 12.1 Å². The zero-order valence-corrected chi connectivity index (χ0v) is 15.4. The van der Waals surface area contributed by atoms with Gasteiger partial charge in [0.25, 0.3) is 11.8 Å². The Hall–Kier alpha value is -3.48. The number of aryl methyl sites for hydroxylation is 2. The maximum absolute atomic E-state index is 12.6. The fourth-order valence-corrected chi connectivity index (χ4v) is 3.46. The summed E-state index contributed by atoms with van der Waals surface area (Å²) in [7, 11) is 0. The van der Waals surface area contributed by atoms with Gasteiger partial charge < -0.3 is 10.1 Å². The molecule has 0 fully saturated rings. The lowest BCUT2D eigenvalue weighted by molar-refractivity contribution is -0.138. The van der Waals surface area contributed by atoms with Gasteiger partial charge in [-0.3, -0.25) is 19.3 Å². The zero-order valence-electron chi connectivity index (χ0n) is 15.4. The quantitative estimate of drug-likeness (QED) is 0.503. The molecule has 0 bridgehead atoms. The average Bonchev–Trinajstić information content (AvgIpc) is 2.91. The summed E-state index contributed by atoms with van der Waals surface area (Å²) in [6.07, 6.45) is 0.926. The van der Waals surface area contributed by atoms with Crippen LogP contribution in [0.4, 0.5) is 5.69 Å². The van der Waals surface area contributed by atoms with Crippen LogP contribution in [0.1, 0.15) is 45.2 Å². The Kier molecular flexibility index (Phi) is 4.22. The molecule has 0 radical (unpaired) electrons. The third-order valence-corrected chi connectivity index (χ3v) is 4.99. The monoisotopic (exact) mass is 378 g/mol.